The SMILES string of the molecule is CCC(N1CCNC(c2ccccc2)C1)N1C(=O)[C@@H](OC(C)=O)[C@@H](c2ccc(OC)cc2)Sc2cc(Cl)ccc21. The molecule has 210 valence electrons. The zero-order valence-corrected chi connectivity index (χ0v) is 24.5. The number of halogens is 1. The van der Waals surface area contributed by atoms with Gasteiger partial charge in [0.05, 0.1) is 24.2 Å². The molecule has 5 rings (SSSR count). The van der Waals surface area contributed by atoms with Crippen LogP contribution in [-0.2, 0) is 14.3 Å². The molecule has 3 aromatic rings. The standard InChI is InChI=1S/C31H34ClN3O4S/c1-4-28(34-17-16-33-25(19-34)21-8-6-5-7-9-21)35-26-15-12-23(32)18-27(26)40-30(29(31(35)37)39-20(2)36)22-10-13-24(38-3)14-11-22/h5-15,18,25,28-30,33H,4,16-17,19H2,1-3H3/t25?,28?,29-,30+/m0/s1. The lowest BCUT2D eigenvalue weighted by Crippen LogP contribution is -2.59. The van der Waals surface area contributed by atoms with E-state index in [0.29, 0.717) is 17.2 Å². The smallest absolute Gasteiger partial charge is 0.303 e. The Kier molecular flexibility index (Phi) is 9.00. The molecule has 1 fully saturated rings. The van der Waals surface area contributed by atoms with E-state index in [1.165, 1.54) is 24.2 Å². The average molecular weight is 580 g/mol. The fourth-order valence-corrected chi connectivity index (χ4v) is 7.14. The van der Waals surface area contributed by atoms with Crippen LogP contribution < -0.4 is 15.0 Å². The summed E-state index contributed by atoms with van der Waals surface area (Å²) >= 11 is 7.97. The minimum absolute atomic E-state index is 0.140. The van der Waals surface area contributed by atoms with Crippen molar-refractivity contribution in [1.82, 2.24) is 10.2 Å². The summed E-state index contributed by atoms with van der Waals surface area (Å²) in [6.45, 7) is 5.75. The highest BCUT2D eigenvalue weighted by molar-refractivity contribution is 7.99. The number of piperazine rings is 1. The summed E-state index contributed by atoms with van der Waals surface area (Å²) in [7, 11) is 1.61. The largest absolute Gasteiger partial charge is 0.497 e. The lowest BCUT2D eigenvalue weighted by molar-refractivity contribution is -0.153. The van der Waals surface area contributed by atoms with Gasteiger partial charge in [-0.15, -0.1) is 11.8 Å². The first kappa shape index (κ1) is 28.5. The number of fused-ring (bicyclic) bond motifs is 1. The van der Waals surface area contributed by atoms with Gasteiger partial charge in [0.1, 0.15) is 5.75 Å². The number of methoxy groups -OCH3 is 1. The summed E-state index contributed by atoms with van der Waals surface area (Å²) < 4.78 is 11.2. The second kappa shape index (κ2) is 12.6. The lowest BCUT2D eigenvalue weighted by atomic mass is 10.0. The van der Waals surface area contributed by atoms with Crippen LogP contribution in [0.5, 0.6) is 5.75 Å². The molecule has 7 nitrogen and oxygen atoms in total. The quantitative estimate of drug-likeness (QED) is 0.352. The van der Waals surface area contributed by atoms with Crippen LogP contribution >= 0.6 is 23.4 Å². The van der Waals surface area contributed by atoms with E-state index in [0.717, 1.165) is 35.8 Å². The van der Waals surface area contributed by atoms with Crippen molar-refractivity contribution in [3.63, 3.8) is 0 Å². The summed E-state index contributed by atoms with van der Waals surface area (Å²) in [4.78, 5) is 32.0. The molecule has 2 aliphatic rings. The monoisotopic (exact) mass is 579 g/mol. The molecular weight excluding hydrogens is 546 g/mol. The number of carbonyl (C=O) groups is 2. The number of ether oxygens (including phenoxy) is 2. The van der Waals surface area contributed by atoms with Gasteiger partial charge in [0.15, 0.2) is 6.10 Å². The highest BCUT2D eigenvalue weighted by Crippen LogP contribution is 2.48. The first-order chi connectivity index (χ1) is 19.4. The van der Waals surface area contributed by atoms with Crippen LogP contribution in [0.2, 0.25) is 5.02 Å². The van der Waals surface area contributed by atoms with Crippen LogP contribution in [-0.4, -0.2) is 55.8 Å². The summed E-state index contributed by atoms with van der Waals surface area (Å²) in [5.74, 6) is -0.0347. The summed E-state index contributed by atoms with van der Waals surface area (Å²) in [6.07, 6.45) is -0.571. The van der Waals surface area contributed by atoms with E-state index >= 15 is 0 Å². The van der Waals surface area contributed by atoms with Crippen LogP contribution in [0.3, 0.4) is 0 Å². The molecule has 2 heterocycles. The predicted octanol–water partition coefficient (Wildman–Crippen LogP) is 5.84. The van der Waals surface area contributed by atoms with Crippen LogP contribution in [0.1, 0.15) is 42.7 Å². The maximum atomic E-state index is 14.6. The topological polar surface area (TPSA) is 71.1 Å². The Labute approximate surface area is 244 Å². The number of carbonyl (C=O) groups excluding carboxylic acids is 2. The second-order valence-corrected chi connectivity index (χ2v) is 11.6. The fourth-order valence-electron chi connectivity index (χ4n) is 5.56. The van der Waals surface area contributed by atoms with Crippen molar-refractivity contribution in [2.24, 2.45) is 0 Å². The van der Waals surface area contributed by atoms with E-state index in [1.807, 2.05) is 65.6 Å². The minimum Gasteiger partial charge on any atom is -0.497 e. The van der Waals surface area contributed by atoms with E-state index in [9.17, 15) is 9.59 Å². The van der Waals surface area contributed by atoms with Crippen molar-refractivity contribution in [3.05, 3.63) is 88.9 Å². The summed E-state index contributed by atoms with van der Waals surface area (Å²) in [5.41, 5.74) is 2.84. The van der Waals surface area contributed by atoms with Gasteiger partial charge in [-0.2, -0.15) is 0 Å². The molecule has 4 atom stereocenters. The summed E-state index contributed by atoms with van der Waals surface area (Å²) in [6, 6.07) is 23.7. The van der Waals surface area contributed by atoms with E-state index in [1.54, 1.807) is 7.11 Å². The number of nitrogens with zero attached hydrogens (tertiary/aromatic N) is 2. The Morgan fingerprint density at radius 3 is 2.52 bits per heavy atom. The van der Waals surface area contributed by atoms with Crippen molar-refractivity contribution >= 4 is 40.9 Å². The minimum atomic E-state index is -1.02. The third-order valence-corrected chi connectivity index (χ3v) is 9.01. The predicted molar refractivity (Wildman–Crippen MR) is 159 cm³/mol. The molecule has 40 heavy (non-hydrogen) atoms. The van der Waals surface area contributed by atoms with Crippen LogP contribution in [0.15, 0.2) is 77.7 Å². The van der Waals surface area contributed by atoms with Gasteiger partial charge < -0.3 is 14.8 Å². The Bertz CT molecular complexity index is 1340. The van der Waals surface area contributed by atoms with Gasteiger partial charge in [0, 0.05) is 42.5 Å². The number of thioether (sulfide) groups is 1. The molecule has 0 bridgehead atoms. The highest BCUT2D eigenvalue weighted by Gasteiger charge is 2.44. The van der Waals surface area contributed by atoms with Crippen LogP contribution in [0.25, 0.3) is 0 Å². The first-order valence-corrected chi connectivity index (χ1v) is 14.8. The van der Waals surface area contributed by atoms with Gasteiger partial charge in [0.2, 0.25) is 0 Å². The number of hydrogen-bond acceptors (Lipinski definition) is 7. The lowest BCUT2D eigenvalue weighted by Gasteiger charge is -2.44. The zero-order chi connectivity index (χ0) is 28.2. The third-order valence-electron chi connectivity index (χ3n) is 7.42. The maximum absolute atomic E-state index is 14.6. The van der Waals surface area contributed by atoms with Crippen molar-refractivity contribution in [1.29, 1.82) is 0 Å². The number of anilines is 1. The second-order valence-electron chi connectivity index (χ2n) is 9.96. The molecule has 1 amide bonds. The zero-order valence-electron chi connectivity index (χ0n) is 22.9. The van der Waals surface area contributed by atoms with E-state index in [4.69, 9.17) is 21.1 Å². The van der Waals surface area contributed by atoms with Gasteiger partial charge >= 0.3 is 5.97 Å². The molecule has 0 aromatic heterocycles. The first-order valence-electron chi connectivity index (χ1n) is 13.5. The average Bonchev–Trinajstić information content (AvgIpc) is 3.08. The van der Waals surface area contributed by atoms with Crippen LogP contribution in [0.4, 0.5) is 5.69 Å². The van der Waals surface area contributed by atoms with Crippen molar-refractivity contribution < 1.29 is 19.1 Å². The van der Waals surface area contributed by atoms with Crippen molar-refractivity contribution in [2.45, 2.75) is 48.7 Å². The Morgan fingerprint density at radius 1 is 1.10 bits per heavy atom. The molecule has 0 spiro atoms. The molecule has 1 N–H and O–H groups in total. The van der Waals surface area contributed by atoms with E-state index in [-0.39, 0.29) is 18.1 Å². The molecule has 3 aromatic carbocycles. The van der Waals surface area contributed by atoms with Crippen LogP contribution in [0, 0.1) is 0 Å². The molecule has 2 unspecified atom stereocenters. The number of nitrogens with one attached hydrogen (secondary N) is 1. The van der Waals surface area contributed by atoms with Gasteiger partial charge in [-0.3, -0.25) is 19.4 Å². The molecule has 0 aliphatic carbocycles. The summed E-state index contributed by atoms with van der Waals surface area (Å²) in [5, 5.41) is 3.73. The van der Waals surface area contributed by atoms with Crippen molar-refractivity contribution in [3.8, 4) is 5.75 Å². The highest BCUT2D eigenvalue weighted by atomic mass is 35.5. The molecule has 2 aliphatic heterocycles. The Hall–Kier alpha value is -3.04. The fraction of sp³-hybridized carbons (Fsp3) is 0.355. The van der Waals surface area contributed by atoms with Gasteiger partial charge in [-0.25, -0.2) is 0 Å². The Morgan fingerprint density at radius 2 is 1.85 bits per heavy atom. The number of rotatable bonds is 7. The maximum Gasteiger partial charge on any atom is 0.303 e. The molecular formula is C31H34ClN3O4S. The molecule has 0 saturated carbocycles. The molecule has 1 saturated heterocycles. The number of benzene rings is 3. The third kappa shape index (κ3) is 6.00. The Balaban J connectivity index is 1.56. The van der Waals surface area contributed by atoms with Gasteiger partial charge in [-0.1, -0.05) is 61.0 Å². The molecule has 9 heteroatoms. The van der Waals surface area contributed by atoms with E-state index < -0.39 is 17.3 Å². The molecule has 0 radical (unpaired) electrons. The van der Waals surface area contributed by atoms with Gasteiger partial charge in [0.25, 0.3) is 5.91 Å². The normalized spacial score (nSPS) is 22.2. The number of amides is 1. The van der Waals surface area contributed by atoms with Crippen molar-refractivity contribution in [2.75, 3.05) is 31.6 Å². The number of hydrogen-bond donors (Lipinski definition) is 1. The van der Waals surface area contributed by atoms with Gasteiger partial charge in [-0.05, 0) is 47.9 Å². The number of esters is 1. The van der Waals surface area contributed by atoms with E-state index in [2.05, 4.69) is 29.3 Å².